The topological polar surface area (TPSA) is 118 Å². The summed E-state index contributed by atoms with van der Waals surface area (Å²) in [7, 11) is -4.10. The molecule has 1 aromatic heterocycles. The van der Waals surface area contributed by atoms with E-state index in [9.17, 15) is 18.5 Å². The third kappa shape index (κ3) is 3.21. The molecule has 0 aliphatic carbocycles. The first-order valence-electron chi connectivity index (χ1n) is 9.73. The Labute approximate surface area is 183 Å². The van der Waals surface area contributed by atoms with E-state index in [0.29, 0.717) is 16.9 Å². The highest BCUT2D eigenvalue weighted by Gasteiger charge is 2.34. The van der Waals surface area contributed by atoms with Crippen LogP contribution in [0.2, 0.25) is 0 Å². The number of benzene rings is 3. The van der Waals surface area contributed by atoms with Crippen LogP contribution in [-0.4, -0.2) is 30.0 Å². The van der Waals surface area contributed by atoms with Crippen LogP contribution in [0, 0.1) is 17.0 Å². The fourth-order valence-electron chi connectivity index (χ4n) is 3.63. The van der Waals surface area contributed by atoms with E-state index in [4.69, 9.17) is 0 Å². The number of non-ortho nitro benzene ring substituents is 1. The molecule has 0 bridgehead atoms. The number of aryl methyl sites for hydroxylation is 1. The van der Waals surface area contributed by atoms with Gasteiger partial charge in [0.05, 0.1) is 20.9 Å². The molecule has 0 saturated heterocycles. The lowest BCUT2D eigenvalue weighted by atomic mass is 10.0. The number of aromatic nitrogens is 2. The van der Waals surface area contributed by atoms with Gasteiger partial charge in [0.25, 0.3) is 15.7 Å². The van der Waals surface area contributed by atoms with Crippen LogP contribution in [0.25, 0.3) is 22.2 Å². The molecule has 0 amide bonds. The lowest BCUT2D eigenvalue weighted by Gasteiger charge is -2.17. The van der Waals surface area contributed by atoms with Crippen LogP contribution in [-0.2, 0) is 10.0 Å². The van der Waals surface area contributed by atoms with E-state index in [2.05, 4.69) is 15.3 Å². The molecule has 0 fully saturated rings. The molecule has 3 aromatic carbocycles. The van der Waals surface area contributed by atoms with E-state index in [1.165, 1.54) is 18.2 Å². The lowest BCUT2D eigenvalue weighted by Crippen LogP contribution is -2.31. The van der Waals surface area contributed by atoms with E-state index in [1.54, 1.807) is 0 Å². The van der Waals surface area contributed by atoms with E-state index in [1.807, 2.05) is 49.4 Å². The number of para-hydroxylation sites is 1. The summed E-state index contributed by atoms with van der Waals surface area (Å²) < 4.78 is 27.7. The Balaban J connectivity index is 1.65. The second-order valence-corrected chi connectivity index (χ2v) is 9.24. The summed E-state index contributed by atoms with van der Waals surface area (Å²) in [6, 6.07) is 18.5. The number of hydrogen-bond donors (Lipinski definition) is 1. The summed E-state index contributed by atoms with van der Waals surface area (Å²) in [6.07, 6.45) is 0. The predicted octanol–water partition coefficient (Wildman–Crippen LogP) is 4.09. The zero-order valence-electron chi connectivity index (χ0n) is 16.9. The quantitative estimate of drug-likeness (QED) is 0.370. The first-order chi connectivity index (χ1) is 15.3. The van der Waals surface area contributed by atoms with Crippen molar-refractivity contribution < 1.29 is 13.3 Å². The molecule has 5 rings (SSSR count). The number of nitro benzene ring substituents is 1. The molecule has 1 aliphatic rings. The molecule has 2 heterocycles. The summed E-state index contributed by atoms with van der Waals surface area (Å²) in [5.74, 6) is 0.496. The number of hydrogen-bond acceptors (Lipinski definition) is 7. The minimum atomic E-state index is -4.10. The van der Waals surface area contributed by atoms with Gasteiger partial charge in [0.1, 0.15) is 6.67 Å². The molecule has 10 heteroatoms. The normalized spacial score (nSPS) is 13.1. The molecule has 1 aliphatic heterocycles. The molecule has 0 atom stereocenters. The van der Waals surface area contributed by atoms with Crippen molar-refractivity contribution in [3.05, 3.63) is 82.4 Å². The minimum Gasteiger partial charge on any atom is -0.348 e. The van der Waals surface area contributed by atoms with Crippen molar-refractivity contribution in [1.29, 1.82) is 0 Å². The van der Waals surface area contributed by atoms with Gasteiger partial charge in [0.2, 0.25) is 0 Å². The highest BCUT2D eigenvalue weighted by molar-refractivity contribution is 7.92. The smallest absolute Gasteiger partial charge is 0.270 e. The van der Waals surface area contributed by atoms with Gasteiger partial charge >= 0.3 is 0 Å². The third-order valence-corrected chi connectivity index (χ3v) is 7.01. The number of nitro groups is 1. The number of sulfonamides is 1. The number of rotatable bonds is 4. The molecule has 0 saturated carbocycles. The number of nitrogens with one attached hydrogen (secondary N) is 1. The van der Waals surface area contributed by atoms with E-state index in [0.717, 1.165) is 27.1 Å². The fraction of sp³-hybridized carbons (Fsp3) is 0.0909. The van der Waals surface area contributed by atoms with Gasteiger partial charge in [-0.15, -0.1) is 0 Å². The lowest BCUT2D eigenvalue weighted by molar-refractivity contribution is -0.385. The summed E-state index contributed by atoms with van der Waals surface area (Å²) in [5, 5.41) is 14.1. The SMILES string of the molecule is Cc1ccc(-c2cccc3nc4c(nc23)N(S(=O)(=O)c2cccc([N+](=O)[O-])c2)CN4)cc1. The molecular weight excluding hydrogens is 430 g/mol. The van der Waals surface area contributed by atoms with Gasteiger partial charge in [-0.2, -0.15) is 0 Å². The average Bonchev–Trinajstić information content (AvgIpc) is 3.21. The van der Waals surface area contributed by atoms with Gasteiger partial charge in [0, 0.05) is 17.7 Å². The number of anilines is 2. The van der Waals surface area contributed by atoms with Gasteiger partial charge < -0.3 is 5.32 Å². The standard InChI is InChI=1S/C22H17N5O4S/c1-14-8-10-15(11-9-14)18-6-3-7-19-20(18)25-22-21(24-19)23-13-26(22)32(30,31)17-5-2-4-16(12-17)27(28)29/h2-12H,13H2,1H3,(H,23,24). The van der Waals surface area contributed by atoms with Gasteiger partial charge in [-0.1, -0.05) is 48.0 Å². The molecule has 160 valence electrons. The van der Waals surface area contributed by atoms with Crippen LogP contribution < -0.4 is 9.62 Å². The Bertz CT molecular complexity index is 1490. The van der Waals surface area contributed by atoms with Gasteiger partial charge in [-0.05, 0) is 24.6 Å². The average molecular weight is 447 g/mol. The highest BCUT2D eigenvalue weighted by Crippen LogP contribution is 2.36. The highest BCUT2D eigenvalue weighted by atomic mass is 32.2. The van der Waals surface area contributed by atoms with E-state index >= 15 is 0 Å². The monoisotopic (exact) mass is 447 g/mol. The van der Waals surface area contributed by atoms with Crippen molar-refractivity contribution in [2.45, 2.75) is 11.8 Å². The van der Waals surface area contributed by atoms with Gasteiger partial charge in [-0.25, -0.2) is 22.7 Å². The Morgan fingerprint density at radius 3 is 2.53 bits per heavy atom. The molecule has 0 spiro atoms. The molecule has 4 aromatic rings. The van der Waals surface area contributed by atoms with Crippen molar-refractivity contribution in [2.24, 2.45) is 0 Å². The van der Waals surface area contributed by atoms with Crippen molar-refractivity contribution in [3.63, 3.8) is 0 Å². The Morgan fingerprint density at radius 2 is 1.78 bits per heavy atom. The molecule has 32 heavy (non-hydrogen) atoms. The van der Waals surface area contributed by atoms with Gasteiger partial charge in [-0.3, -0.25) is 10.1 Å². The van der Waals surface area contributed by atoms with Crippen LogP contribution >= 0.6 is 0 Å². The van der Waals surface area contributed by atoms with E-state index in [-0.39, 0.29) is 23.1 Å². The number of fused-ring (bicyclic) bond motifs is 2. The van der Waals surface area contributed by atoms with Crippen LogP contribution in [0.1, 0.15) is 5.56 Å². The maximum Gasteiger partial charge on any atom is 0.270 e. The van der Waals surface area contributed by atoms with Crippen molar-refractivity contribution >= 4 is 38.4 Å². The number of nitrogens with zero attached hydrogens (tertiary/aromatic N) is 4. The zero-order chi connectivity index (χ0) is 22.5. The van der Waals surface area contributed by atoms with Gasteiger partial charge in [0.15, 0.2) is 11.6 Å². The zero-order valence-corrected chi connectivity index (χ0v) is 17.7. The maximum atomic E-state index is 13.3. The maximum absolute atomic E-state index is 13.3. The molecule has 0 radical (unpaired) electrons. The van der Waals surface area contributed by atoms with Crippen molar-refractivity contribution in [2.75, 3.05) is 16.3 Å². The first kappa shape index (κ1) is 19.9. The molecule has 0 unspecified atom stereocenters. The molecular formula is C22H17N5O4S. The van der Waals surface area contributed by atoms with Crippen molar-refractivity contribution in [3.8, 4) is 11.1 Å². The summed E-state index contributed by atoms with van der Waals surface area (Å²) in [6.45, 7) is 1.93. The second kappa shape index (κ2) is 7.27. The molecule has 9 nitrogen and oxygen atoms in total. The summed E-state index contributed by atoms with van der Waals surface area (Å²) >= 11 is 0. The van der Waals surface area contributed by atoms with Crippen LogP contribution in [0.4, 0.5) is 17.3 Å². The van der Waals surface area contributed by atoms with Crippen LogP contribution in [0.15, 0.2) is 71.6 Å². The summed E-state index contributed by atoms with van der Waals surface area (Å²) in [4.78, 5) is 19.5. The molecule has 1 N–H and O–H groups in total. The van der Waals surface area contributed by atoms with E-state index < -0.39 is 14.9 Å². The predicted molar refractivity (Wildman–Crippen MR) is 121 cm³/mol. The first-order valence-corrected chi connectivity index (χ1v) is 11.2. The largest absolute Gasteiger partial charge is 0.348 e. The fourth-order valence-corrected chi connectivity index (χ4v) is 5.00. The third-order valence-electron chi connectivity index (χ3n) is 5.28. The van der Waals surface area contributed by atoms with Crippen LogP contribution in [0.3, 0.4) is 0 Å². The Hall–Kier alpha value is -4.05. The van der Waals surface area contributed by atoms with Crippen molar-refractivity contribution in [1.82, 2.24) is 9.97 Å². The Kier molecular flexibility index (Phi) is 4.52. The van der Waals surface area contributed by atoms with Crippen LogP contribution in [0.5, 0.6) is 0 Å². The summed E-state index contributed by atoms with van der Waals surface area (Å²) in [5.41, 5.74) is 3.79. The minimum absolute atomic E-state index is 0.0729. The second-order valence-electron chi connectivity index (χ2n) is 7.38. The Morgan fingerprint density at radius 1 is 1.03 bits per heavy atom.